The third-order valence-corrected chi connectivity index (χ3v) is 44.1. The van der Waals surface area contributed by atoms with Gasteiger partial charge in [0.25, 0.3) is 0 Å². The smallest absolute Gasteiger partial charge is 0.192 e. The average molecular weight is 1330 g/mol. The number of nitrogens with zero attached hydrogens (tertiary/aromatic N) is 2. The van der Waals surface area contributed by atoms with Gasteiger partial charge in [-0.3, -0.25) is 9.59 Å². The molecule has 77 heavy (non-hydrogen) atoms. The van der Waals surface area contributed by atoms with Gasteiger partial charge >= 0.3 is 0 Å². The molecule has 0 bridgehead atoms. The van der Waals surface area contributed by atoms with E-state index in [2.05, 4.69) is 104 Å². The van der Waals surface area contributed by atoms with Crippen molar-refractivity contribution in [3.8, 4) is 33.8 Å². The Kier molecular flexibility index (Phi) is 27.7. The lowest BCUT2D eigenvalue weighted by Crippen LogP contribution is -2.41. The molecular formula is C53H64N2O6S15Si. The van der Waals surface area contributed by atoms with Crippen LogP contribution in [-0.4, -0.2) is 79.6 Å². The Morgan fingerprint density at radius 2 is 0.896 bits per heavy atom. The fourth-order valence-electron chi connectivity index (χ4n) is 8.21. The zero-order chi connectivity index (χ0) is 54.8. The maximum absolute atomic E-state index is 12.9. The van der Waals surface area contributed by atoms with Crippen molar-refractivity contribution in [2.45, 2.75) is 72.0 Å². The highest BCUT2D eigenvalue weighted by molar-refractivity contribution is 8.76. The molecule has 0 saturated heterocycles. The summed E-state index contributed by atoms with van der Waals surface area (Å²) in [5, 5.41) is 13.7. The summed E-state index contributed by atoms with van der Waals surface area (Å²) in [6.07, 6.45) is 2.80. The molecule has 0 aromatic heterocycles. The molecule has 0 atom stereocenters. The van der Waals surface area contributed by atoms with Crippen molar-refractivity contribution < 1.29 is 28.6 Å². The molecule has 6 aromatic carbocycles. The lowest BCUT2D eigenvalue weighted by atomic mass is 9.90. The molecule has 2 aliphatic carbocycles. The number of aryl methyl sites for hydroxylation is 2. The SMILES string of the molecule is C.CN(C)c1ccc2cc3c(c(-c4ccc(OCCO)cc4)c2c1)C(=O)CC3.CN(C)c1ccc2cc3c(c(-c4ccc(OCCO[Si](C)(C)C(C)(C)C)cc4)c2c1)C(=O)CC3.S=S=S=S=S=S=S=S=S=S=S=S=S=S=S. The first-order valence-electron chi connectivity index (χ1n) is 23.7. The maximum Gasteiger partial charge on any atom is 0.192 e. The first-order chi connectivity index (χ1) is 36.5. The van der Waals surface area contributed by atoms with Gasteiger partial charge in [0.2, 0.25) is 0 Å². The summed E-state index contributed by atoms with van der Waals surface area (Å²) >= 11 is 9.45. The number of aliphatic hydroxyl groups excluding tert-OH is 1. The van der Waals surface area contributed by atoms with E-state index in [9.17, 15) is 9.59 Å². The Bertz CT molecular complexity index is 3670. The van der Waals surface area contributed by atoms with Gasteiger partial charge in [-0.05, 0) is 123 Å². The second-order valence-corrected chi connectivity index (χ2v) is 46.8. The van der Waals surface area contributed by atoms with Crippen LogP contribution in [0.15, 0.2) is 97.1 Å². The molecule has 1 N–H and O–H groups in total. The van der Waals surface area contributed by atoms with Crippen LogP contribution in [-0.2, 0) is 155 Å². The summed E-state index contributed by atoms with van der Waals surface area (Å²) in [4.78, 5) is 29.7. The lowest BCUT2D eigenvalue weighted by molar-refractivity contribution is 0.0987. The Labute approximate surface area is 502 Å². The van der Waals surface area contributed by atoms with Gasteiger partial charge in [0.1, 0.15) is 24.7 Å². The highest BCUT2D eigenvalue weighted by Crippen LogP contribution is 2.42. The predicted molar refractivity (Wildman–Crippen MR) is 371 cm³/mol. The van der Waals surface area contributed by atoms with Crippen molar-refractivity contribution in [3.05, 3.63) is 119 Å². The van der Waals surface area contributed by atoms with E-state index in [0.717, 1.165) is 90.6 Å². The summed E-state index contributed by atoms with van der Waals surface area (Å²) < 4.78 is 17.7. The normalized spacial score (nSPS) is 12.1. The summed E-state index contributed by atoms with van der Waals surface area (Å²) in [5.74, 6) is 1.99. The van der Waals surface area contributed by atoms with Crippen LogP contribution in [0.4, 0.5) is 11.4 Å². The van der Waals surface area contributed by atoms with Gasteiger partial charge in [-0.25, -0.2) is 0 Å². The fourth-order valence-corrected chi connectivity index (χ4v) is 39.4. The van der Waals surface area contributed by atoms with E-state index in [1.165, 1.54) is 23.1 Å². The summed E-state index contributed by atoms with van der Waals surface area (Å²) in [6, 6.07) is 33.2. The predicted octanol–water partition coefficient (Wildman–Crippen LogP) is 11.8. The molecule has 0 fully saturated rings. The number of hydrogen-bond acceptors (Lipinski definition) is 10. The highest BCUT2D eigenvalue weighted by atomic mass is 33.5. The van der Waals surface area contributed by atoms with Crippen molar-refractivity contribution >= 4 is 191 Å². The van der Waals surface area contributed by atoms with Crippen molar-refractivity contribution in [2.24, 2.45) is 0 Å². The van der Waals surface area contributed by atoms with Gasteiger partial charge in [-0.1, -0.05) is 76.7 Å². The van der Waals surface area contributed by atoms with Crippen LogP contribution in [0.3, 0.4) is 0 Å². The van der Waals surface area contributed by atoms with Gasteiger partial charge in [0, 0.05) is 212 Å². The number of ether oxygens (including phenoxy) is 2. The summed E-state index contributed by atoms with van der Waals surface area (Å²) in [7, 11) is 28.1. The first-order valence-corrected chi connectivity index (χ1v) is 45.3. The molecule has 0 unspecified atom stereocenters. The molecule has 0 saturated carbocycles. The molecule has 0 radical (unpaired) electrons. The van der Waals surface area contributed by atoms with E-state index in [0.29, 0.717) is 31.8 Å². The van der Waals surface area contributed by atoms with Gasteiger partial charge in [0.15, 0.2) is 19.9 Å². The number of Topliss-reactive ketones (excluding diaryl/α,β-unsaturated/α-hetero) is 2. The molecule has 0 amide bonds. The van der Waals surface area contributed by atoms with E-state index in [-0.39, 0.29) is 37.2 Å². The molecule has 2 aliphatic rings. The Morgan fingerprint density at radius 3 is 1.25 bits per heavy atom. The quantitative estimate of drug-likeness (QED) is 0.0944. The van der Waals surface area contributed by atoms with Gasteiger partial charge in [-0.2, -0.15) is 0 Å². The molecule has 416 valence electrons. The number of rotatable bonds is 12. The zero-order valence-electron chi connectivity index (χ0n) is 43.4. The van der Waals surface area contributed by atoms with Crippen molar-refractivity contribution in [1.29, 1.82) is 0 Å². The summed E-state index contributed by atoms with van der Waals surface area (Å²) in [5.41, 5.74) is 10.4. The van der Waals surface area contributed by atoms with Gasteiger partial charge in [-0.15, -0.1) is 0 Å². The number of fused-ring (bicyclic) bond motifs is 4. The van der Waals surface area contributed by atoms with Crippen LogP contribution in [0.2, 0.25) is 18.1 Å². The highest BCUT2D eigenvalue weighted by Gasteiger charge is 2.37. The van der Waals surface area contributed by atoms with Crippen molar-refractivity contribution in [2.75, 3.05) is 64.4 Å². The van der Waals surface area contributed by atoms with Crippen LogP contribution >= 0.6 is 0 Å². The summed E-state index contributed by atoms with van der Waals surface area (Å²) in [6.45, 7) is 12.6. The first kappa shape index (κ1) is 65.6. The Hall–Kier alpha value is -2.18. The number of carbonyl (C=O) groups is 2. The van der Waals surface area contributed by atoms with E-state index >= 15 is 0 Å². The van der Waals surface area contributed by atoms with Crippen molar-refractivity contribution in [3.63, 3.8) is 0 Å². The van der Waals surface area contributed by atoms with E-state index in [1.807, 2.05) is 64.6 Å². The number of anilines is 2. The van der Waals surface area contributed by atoms with E-state index in [4.69, 9.17) is 41.4 Å². The van der Waals surface area contributed by atoms with Crippen LogP contribution < -0.4 is 19.3 Å². The Morgan fingerprint density at radius 1 is 0.519 bits per heavy atom. The third-order valence-electron chi connectivity index (χ3n) is 12.8. The molecule has 8 rings (SSSR count). The number of benzene rings is 6. The van der Waals surface area contributed by atoms with Crippen LogP contribution in [0.1, 0.15) is 72.9 Å². The minimum atomic E-state index is -1.77. The molecule has 8 nitrogen and oxygen atoms in total. The topological polar surface area (TPSA) is 88.5 Å². The molecule has 6 aromatic rings. The lowest BCUT2D eigenvalue weighted by Gasteiger charge is -2.36. The van der Waals surface area contributed by atoms with Gasteiger partial charge < -0.3 is 28.8 Å². The second-order valence-electron chi connectivity index (χ2n) is 19.0. The molecule has 0 heterocycles. The van der Waals surface area contributed by atoms with Crippen LogP contribution in [0.5, 0.6) is 11.5 Å². The average Bonchev–Trinajstić information content (AvgIpc) is 4.02. The maximum atomic E-state index is 12.9. The van der Waals surface area contributed by atoms with Crippen LogP contribution in [0.25, 0.3) is 43.8 Å². The minimum absolute atomic E-state index is 0. The monoisotopic (exact) mass is 1330 g/mol. The second kappa shape index (κ2) is 32.5. The zero-order valence-corrected chi connectivity index (χ0v) is 56.6. The van der Waals surface area contributed by atoms with E-state index < -0.39 is 8.32 Å². The largest absolute Gasteiger partial charge is 0.491 e. The van der Waals surface area contributed by atoms with Crippen LogP contribution in [0, 0.1) is 0 Å². The third kappa shape index (κ3) is 18.7. The molecule has 24 heteroatoms. The number of aliphatic hydroxyl groups is 1. The molecular weight excluding hydrogens is 1270 g/mol. The van der Waals surface area contributed by atoms with Gasteiger partial charge in [0.05, 0.1) is 13.2 Å². The molecule has 0 spiro atoms. The Balaban J connectivity index is 0.000000228. The number of hydrogen-bond donors (Lipinski definition) is 1. The standard InChI is InChI=1S/C29H37NO3Si.C23H23NO3.CH4.S15/c1-29(2,3)34(6,7)33-17-16-32-24-13-9-20(10-14-24)27-25-19-23(30(4)5)12-8-21(25)18-22-11-15-26(31)28(22)27;1-24(2)18-7-3-16-13-17-6-10-21(26)23(17)22(20(16)14-18)15-4-8-19(9-5-15)27-12-11-25;;1-3-5-7-9-11-13-15-14-12-10-8-6-4-2/h8-10,12-14,18-19H,11,15-17H2,1-7H3;3-5,7-9,13-14,25H,6,10-12H2,1-2H3;1H4;. The van der Waals surface area contributed by atoms with E-state index in [1.54, 1.807) is 97.7 Å². The number of ketones is 2. The molecule has 0 aliphatic heterocycles. The van der Waals surface area contributed by atoms with Crippen molar-refractivity contribution in [1.82, 2.24) is 0 Å². The number of carbonyl (C=O) groups excluding carboxylic acids is 2. The fraction of sp³-hybridized carbons (Fsp3) is 0.358. The minimum Gasteiger partial charge on any atom is -0.491 e.